The molecule has 0 saturated carbocycles. The number of furan rings is 1. The number of nitro benzene ring substituents is 1. The fraction of sp³-hybridized carbons (Fsp3) is 0.154. The van der Waals surface area contributed by atoms with E-state index in [0.29, 0.717) is 5.76 Å². The van der Waals surface area contributed by atoms with E-state index in [1.165, 1.54) is 30.5 Å². The first kappa shape index (κ1) is 14.9. The lowest BCUT2D eigenvalue weighted by molar-refractivity contribution is -0.384. The van der Waals surface area contributed by atoms with Crippen LogP contribution in [0.25, 0.3) is 0 Å². The van der Waals surface area contributed by atoms with Gasteiger partial charge in [-0.3, -0.25) is 19.1 Å². The zero-order valence-electron chi connectivity index (χ0n) is 10.7. The molecule has 0 aliphatic heterocycles. The highest BCUT2D eigenvalue weighted by Gasteiger charge is 2.28. The molecule has 1 heterocycles. The molecule has 110 valence electrons. The number of non-ortho nitro benzene ring substituents is 1. The van der Waals surface area contributed by atoms with Crippen LogP contribution in [0.5, 0.6) is 0 Å². The first-order chi connectivity index (χ1) is 9.99. The minimum Gasteiger partial charge on any atom is -0.480 e. The first-order valence-electron chi connectivity index (χ1n) is 5.85. The number of carboxylic acids is 1. The summed E-state index contributed by atoms with van der Waals surface area (Å²) in [5, 5.41) is 18.6. The van der Waals surface area contributed by atoms with Gasteiger partial charge in [0.15, 0.2) is 5.25 Å². The average molecular weight is 309 g/mol. The average Bonchev–Trinajstić information content (AvgIpc) is 2.91. The lowest BCUT2D eigenvalue weighted by Gasteiger charge is -2.11. The van der Waals surface area contributed by atoms with E-state index in [1.54, 1.807) is 12.1 Å². The van der Waals surface area contributed by atoms with Gasteiger partial charge in [-0.2, -0.15) is 0 Å². The molecule has 1 aromatic heterocycles. The van der Waals surface area contributed by atoms with E-state index < -0.39 is 26.9 Å². The Kier molecular flexibility index (Phi) is 4.49. The van der Waals surface area contributed by atoms with Gasteiger partial charge in [-0.25, -0.2) is 0 Å². The van der Waals surface area contributed by atoms with Gasteiger partial charge in [0.05, 0.1) is 16.9 Å². The molecule has 2 unspecified atom stereocenters. The molecule has 0 fully saturated rings. The standard InChI is InChI=1S/C13H11NO6S/c15-13(16)12(21(19)8-11-2-1-7-20-11)9-3-5-10(6-4-9)14(17)18/h1-7,12H,8H2,(H,15,16). The Morgan fingerprint density at radius 2 is 2.00 bits per heavy atom. The molecular weight excluding hydrogens is 298 g/mol. The Labute approximate surface area is 121 Å². The summed E-state index contributed by atoms with van der Waals surface area (Å²) >= 11 is 0. The Hall–Kier alpha value is -2.48. The van der Waals surface area contributed by atoms with Crippen LogP contribution >= 0.6 is 0 Å². The molecule has 0 aliphatic carbocycles. The Morgan fingerprint density at radius 1 is 1.33 bits per heavy atom. The van der Waals surface area contributed by atoms with Crippen LogP contribution in [0.4, 0.5) is 5.69 Å². The number of rotatable bonds is 6. The second-order valence-electron chi connectivity index (χ2n) is 4.17. The van der Waals surface area contributed by atoms with Gasteiger partial charge in [-0.1, -0.05) is 12.1 Å². The number of hydrogen-bond acceptors (Lipinski definition) is 5. The van der Waals surface area contributed by atoms with E-state index in [4.69, 9.17) is 4.42 Å². The smallest absolute Gasteiger partial charge is 0.323 e. The summed E-state index contributed by atoms with van der Waals surface area (Å²) in [4.78, 5) is 21.3. The fourth-order valence-corrected chi connectivity index (χ4v) is 3.09. The maximum atomic E-state index is 12.2. The molecule has 0 bridgehead atoms. The van der Waals surface area contributed by atoms with Crippen LogP contribution in [0.15, 0.2) is 47.1 Å². The summed E-state index contributed by atoms with van der Waals surface area (Å²) in [5.74, 6) is -0.878. The van der Waals surface area contributed by atoms with E-state index in [1.807, 2.05) is 0 Å². The van der Waals surface area contributed by atoms with Gasteiger partial charge in [0, 0.05) is 22.9 Å². The molecule has 7 nitrogen and oxygen atoms in total. The van der Waals surface area contributed by atoms with Crippen LogP contribution in [-0.4, -0.2) is 20.2 Å². The zero-order valence-corrected chi connectivity index (χ0v) is 11.5. The first-order valence-corrected chi connectivity index (χ1v) is 7.24. The molecular formula is C13H11NO6S. The molecule has 2 atom stereocenters. The zero-order chi connectivity index (χ0) is 15.4. The maximum absolute atomic E-state index is 12.2. The van der Waals surface area contributed by atoms with Gasteiger partial charge in [0.1, 0.15) is 5.76 Å². The molecule has 1 aromatic carbocycles. The Balaban J connectivity index is 2.24. The highest BCUT2D eigenvalue weighted by Crippen LogP contribution is 2.25. The second kappa shape index (κ2) is 6.31. The normalized spacial score (nSPS) is 13.5. The van der Waals surface area contributed by atoms with Crippen LogP contribution in [0.1, 0.15) is 16.6 Å². The summed E-state index contributed by atoms with van der Waals surface area (Å²) < 4.78 is 17.3. The van der Waals surface area contributed by atoms with Crippen molar-refractivity contribution in [3.63, 3.8) is 0 Å². The lowest BCUT2D eigenvalue weighted by Crippen LogP contribution is -2.18. The summed E-state index contributed by atoms with van der Waals surface area (Å²) in [6, 6.07) is 8.21. The highest BCUT2D eigenvalue weighted by atomic mass is 32.2. The van der Waals surface area contributed by atoms with Crippen molar-refractivity contribution in [1.82, 2.24) is 0 Å². The van der Waals surface area contributed by atoms with E-state index in [9.17, 15) is 24.2 Å². The van der Waals surface area contributed by atoms with Crippen LogP contribution in [0, 0.1) is 10.1 Å². The van der Waals surface area contributed by atoms with E-state index in [-0.39, 0.29) is 17.0 Å². The highest BCUT2D eigenvalue weighted by molar-refractivity contribution is 7.85. The van der Waals surface area contributed by atoms with Crippen molar-refractivity contribution in [2.45, 2.75) is 11.0 Å². The predicted molar refractivity (Wildman–Crippen MR) is 74.0 cm³/mol. The number of carboxylic acid groups (broad SMARTS) is 1. The van der Waals surface area contributed by atoms with Crippen molar-refractivity contribution >= 4 is 22.5 Å². The number of aliphatic carboxylic acids is 1. The molecule has 0 radical (unpaired) electrons. The molecule has 0 spiro atoms. The molecule has 1 N–H and O–H groups in total. The van der Waals surface area contributed by atoms with Crippen molar-refractivity contribution in [1.29, 1.82) is 0 Å². The number of hydrogen-bond donors (Lipinski definition) is 1. The van der Waals surface area contributed by atoms with Gasteiger partial charge in [-0.15, -0.1) is 0 Å². The fourth-order valence-electron chi connectivity index (χ4n) is 1.80. The molecule has 0 amide bonds. The minimum absolute atomic E-state index is 0.0407. The third kappa shape index (κ3) is 3.54. The van der Waals surface area contributed by atoms with Crippen LogP contribution < -0.4 is 0 Å². The quantitative estimate of drug-likeness (QED) is 0.647. The van der Waals surface area contributed by atoms with Gasteiger partial charge < -0.3 is 9.52 Å². The van der Waals surface area contributed by atoms with E-state index >= 15 is 0 Å². The van der Waals surface area contributed by atoms with Crippen LogP contribution in [-0.2, 0) is 21.3 Å². The summed E-state index contributed by atoms with van der Waals surface area (Å²) in [6.07, 6.45) is 1.41. The third-order valence-corrected chi connectivity index (χ3v) is 4.33. The molecule has 2 aromatic rings. The second-order valence-corrected chi connectivity index (χ2v) is 5.69. The molecule has 8 heteroatoms. The monoisotopic (exact) mass is 309 g/mol. The third-order valence-electron chi connectivity index (χ3n) is 2.76. The molecule has 21 heavy (non-hydrogen) atoms. The van der Waals surface area contributed by atoms with E-state index in [0.717, 1.165) is 0 Å². The Morgan fingerprint density at radius 3 is 2.48 bits per heavy atom. The summed E-state index contributed by atoms with van der Waals surface area (Å²) in [6.45, 7) is 0. The molecule has 0 saturated heterocycles. The van der Waals surface area contributed by atoms with Crippen molar-refractivity contribution in [2.75, 3.05) is 0 Å². The van der Waals surface area contributed by atoms with Gasteiger partial charge in [0.2, 0.25) is 0 Å². The van der Waals surface area contributed by atoms with E-state index in [2.05, 4.69) is 0 Å². The van der Waals surface area contributed by atoms with Crippen LogP contribution in [0.3, 0.4) is 0 Å². The van der Waals surface area contributed by atoms with Gasteiger partial charge in [-0.05, 0) is 17.7 Å². The number of nitro groups is 1. The maximum Gasteiger partial charge on any atom is 0.323 e. The summed E-state index contributed by atoms with van der Waals surface area (Å²) in [7, 11) is -1.75. The molecule has 0 aliphatic rings. The van der Waals surface area contributed by atoms with Crippen molar-refractivity contribution in [2.24, 2.45) is 0 Å². The lowest BCUT2D eigenvalue weighted by atomic mass is 10.1. The van der Waals surface area contributed by atoms with Crippen LogP contribution in [0.2, 0.25) is 0 Å². The van der Waals surface area contributed by atoms with Gasteiger partial charge >= 0.3 is 5.97 Å². The van der Waals surface area contributed by atoms with Crippen molar-refractivity contribution in [3.05, 3.63) is 64.1 Å². The SMILES string of the molecule is O=C(O)C(c1ccc([N+](=O)[O-])cc1)S(=O)Cc1ccco1. The van der Waals surface area contributed by atoms with Gasteiger partial charge in [0.25, 0.3) is 5.69 Å². The van der Waals surface area contributed by atoms with Crippen molar-refractivity contribution < 1.29 is 23.5 Å². The minimum atomic E-state index is -1.75. The Bertz CT molecular complexity index is 664. The van der Waals surface area contributed by atoms with Crippen molar-refractivity contribution in [3.8, 4) is 0 Å². The predicted octanol–water partition coefficient (Wildman–Crippen LogP) is 2.26. The molecule has 2 rings (SSSR count). The number of nitrogens with zero attached hydrogens (tertiary/aromatic N) is 1. The topological polar surface area (TPSA) is 111 Å². The largest absolute Gasteiger partial charge is 0.480 e. The number of carbonyl (C=O) groups is 1. The number of benzene rings is 1. The summed E-state index contributed by atoms with van der Waals surface area (Å²) in [5.41, 5.74) is 0.0951.